The molecule has 26 heavy (non-hydrogen) atoms. The molecule has 0 aliphatic rings. The van der Waals surface area contributed by atoms with Crippen LogP contribution >= 0.6 is 0 Å². The highest BCUT2D eigenvalue weighted by atomic mass is 28.4. The van der Waals surface area contributed by atoms with Crippen molar-refractivity contribution >= 4 is 14.3 Å². The van der Waals surface area contributed by atoms with Gasteiger partial charge in [0.1, 0.15) is 0 Å². The summed E-state index contributed by atoms with van der Waals surface area (Å²) in [7, 11) is -0.401. The van der Waals surface area contributed by atoms with Crippen LogP contribution in [-0.2, 0) is 14.0 Å². The number of rotatable bonds is 9. The summed E-state index contributed by atoms with van der Waals surface area (Å²) in [4.78, 5) is 11.2. The molecule has 0 aromatic carbocycles. The molecule has 150 valence electrons. The summed E-state index contributed by atoms with van der Waals surface area (Å²) in [5, 5.41) is 0.203. The predicted octanol–water partition coefficient (Wildman–Crippen LogP) is 6.58. The molecule has 0 aromatic rings. The van der Waals surface area contributed by atoms with E-state index in [0.29, 0.717) is 0 Å². The van der Waals surface area contributed by atoms with Crippen LogP contribution < -0.4 is 0 Å². The van der Waals surface area contributed by atoms with Gasteiger partial charge >= 0.3 is 5.97 Å². The molecule has 0 bridgehead atoms. The number of methoxy groups -OCH3 is 1. The molecule has 1 atom stereocenters. The Kier molecular flexibility index (Phi) is 10.4. The minimum Gasteiger partial charge on any atom is -0.466 e. The lowest BCUT2D eigenvalue weighted by Crippen LogP contribution is -2.43. The first-order valence-electron chi connectivity index (χ1n) is 9.52. The van der Waals surface area contributed by atoms with Gasteiger partial charge in [-0.05, 0) is 65.1 Å². The van der Waals surface area contributed by atoms with Crippen molar-refractivity contribution in [2.24, 2.45) is 0 Å². The molecule has 0 N–H and O–H groups in total. The topological polar surface area (TPSA) is 35.5 Å². The van der Waals surface area contributed by atoms with Gasteiger partial charge in [0.2, 0.25) is 0 Å². The molecular formula is C22H40O3Si. The molecule has 3 nitrogen and oxygen atoms in total. The zero-order chi connectivity index (χ0) is 20.5. The minimum absolute atomic E-state index is 0.129. The van der Waals surface area contributed by atoms with Crippen LogP contribution in [0.2, 0.25) is 18.1 Å². The standard InChI is InChI=1S/C22H40O3Si/c1-17(2)14-20(25-26(9,10)22(5,6)7)15-18(3)12-11-13-19(4)16-21(23)24-8/h12,14,16,20H,11,13,15H2,1-10H3/b18-12+,19-16+. The Balaban J connectivity index is 4.94. The van der Waals surface area contributed by atoms with Crippen molar-refractivity contribution in [3.8, 4) is 0 Å². The van der Waals surface area contributed by atoms with E-state index in [1.54, 1.807) is 6.08 Å². The van der Waals surface area contributed by atoms with Gasteiger partial charge in [-0.15, -0.1) is 0 Å². The summed E-state index contributed by atoms with van der Waals surface area (Å²) in [6.45, 7) is 19.8. The number of hydrogen-bond donors (Lipinski definition) is 0. The molecule has 0 rings (SSSR count). The van der Waals surface area contributed by atoms with Crippen LogP contribution in [0.1, 0.15) is 67.7 Å². The third kappa shape index (κ3) is 10.1. The molecule has 0 heterocycles. The first-order chi connectivity index (χ1) is 11.8. The fourth-order valence-corrected chi connectivity index (χ4v) is 3.60. The van der Waals surface area contributed by atoms with Crippen LogP contribution in [0, 0.1) is 0 Å². The molecule has 1 unspecified atom stereocenters. The number of ether oxygens (including phenoxy) is 1. The van der Waals surface area contributed by atoms with Crippen molar-refractivity contribution in [2.45, 2.75) is 92.0 Å². The van der Waals surface area contributed by atoms with Crippen molar-refractivity contribution in [3.05, 3.63) is 34.9 Å². The van der Waals surface area contributed by atoms with E-state index in [1.165, 1.54) is 18.3 Å². The second-order valence-electron chi connectivity index (χ2n) is 8.97. The van der Waals surface area contributed by atoms with Gasteiger partial charge in [-0.1, -0.05) is 49.6 Å². The van der Waals surface area contributed by atoms with E-state index < -0.39 is 8.32 Å². The molecule has 0 aliphatic heterocycles. The number of hydrogen-bond acceptors (Lipinski definition) is 3. The van der Waals surface area contributed by atoms with Gasteiger partial charge in [0.15, 0.2) is 8.32 Å². The zero-order valence-corrected chi connectivity index (χ0v) is 19.7. The molecule has 0 aliphatic carbocycles. The molecule has 0 saturated heterocycles. The van der Waals surface area contributed by atoms with Gasteiger partial charge in [-0.25, -0.2) is 4.79 Å². The van der Waals surface area contributed by atoms with Crippen LogP contribution in [0.4, 0.5) is 0 Å². The smallest absolute Gasteiger partial charge is 0.330 e. The average Bonchev–Trinajstić information content (AvgIpc) is 2.44. The number of allylic oxidation sites excluding steroid dienone is 3. The Labute approximate surface area is 162 Å². The van der Waals surface area contributed by atoms with Gasteiger partial charge in [0.25, 0.3) is 0 Å². The molecule has 0 radical (unpaired) electrons. The van der Waals surface area contributed by atoms with Gasteiger partial charge in [0.05, 0.1) is 13.2 Å². The van der Waals surface area contributed by atoms with Crippen molar-refractivity contribution in [1.82, 2.24) is 0 Å². The van der Waals surface area contributed by atoms with Crippen LogP contribution in [0.5, 0.6) is 0 Å². The second kappa shape index (κ2) is 10.9. The van der Waals surface area contributed by atoms with Gasteiger partial charge < -0.3 is 9.16 Å². The Morgan fingerprint density at radius 1 is 1.08 bits per heavy atom. The molecular weight excluding hydrogens is 340 g/mol. The fourth-order valence-electron chi connectivity index (χ4n) is 2.34. The van der Waals surface area contributed by atoms with Gasteiger partial charge in [-0.3, -0.25) is 0 Å². The molecule has 0 aromatic heterocycles. The molecule has 0 fully saturated rings. The van der Waals surface area contributed by atoms with Crippen molar-refractivity contribution in [3.63, 3.8) is 0 Å². The summed E-state index contributed by atoms with van der Waals surface area (Å²) in [6, 6.07) is 0. The van der Waals surface area contributed by atoms with Crippen molar-refractivity contribution < 1.29 is 14.0 Å². The Morgan fingerprint density at radius 3 is 2.12 bits per heavy atom. The van der Waals surface area contributed by atoms with Crippen LogP contribution in [0.25, 0.3) is 0 Å². The quantitative estimate of drug-likeness (QED) is 0.196. The van der Waals surface area contributed by atoms with Crippen LogP contribution in [-0.4, -0.2) is 27.5 Å². The van der Waals surface area contributed by atoms with E-state index in [9.17, 15) is 4.79 Å². The Morgan fingerprint density at radius 2 is 1.65 bits per heavy atom. The predicted molar refractivity (Wildman–Crippen MR) is 115 cm³/mol. The van der Waals surface area contributed by atoms with E-state index in [2.05, 4.69) is 71.5 Å². The second-order valence-corrected chi connectivity index (χ2v) is 13.7. The summed E-state index contributed by atoms with van der Waals surface area (Å²) < 4.78 is 11.3. The van der Waals surface area contributed by atoms with E-state index in [4.69, 9.17) is 4.43 Å². The van der Waals surface area contributed by atoms with E-state index in [0.717, 1.165) is 24.8 Å². The van der Waals surface area contributed by atoms with Gasteiger partial charge in [0, 0.05) is 6.08 Å². The number of carbonyl (C=O) groups is 1. The summed E-state index contributed by atoms with van der Waals surface area (Å²) in [5.41, 5.74) is 3.66. The monoisotopic (exact) mass is 380 g/mol. The first kappa shape index (κ1) is 24.9. The molecule has 0 amide bonds. The fraction of sp³-hybridized carbons (Fsp3) is 0.682. The van der Waals surface area contributed by atoms with Crippen LogP contribution in [0.3, 0.4) is 0 Å². The van der Waals surface area contributed by atoms with Crippen molar-refractivity contribution in [2.75, 3.05) is 7.11 Å². The third-order valence-corrected chi connectivity index (χ3v) is 9.40. The normalized spacial score (nSPS) is 14.8. The summed E-state index contributed by atoms with van der Waals surface area (Å²) in [6.07, 6.45) is 8.90. The maximum atomic E-state index is 11.2. The lowest BCUT2D eigenvalue weighted by molar-refractivity contribution is -0.134. The average molecular weight is 381 g/mol. The maximum absolute atomic E-state index is 11.2. The molecule has 4 heteroatoms. The maximum Gasteiger partial charge on any atom is 0.330 e. The zero-order valence-electron chi connectivity index (χ0n) is 18.7. The molecule has 0 spiro atoms. The highest BCUT2D eigenvalue weighted by Crippen LogP contribution is 2.38. The van der Waals surface area contributed by atoms with E-state index in [-0.39, 0.29) is 17.1 Å². The largest absolute Gasteiger partial charge is 0.466 e. The lowest BCUT2D eigenvalue weighted by atomic mass is 10.0. The Hall–Kier alpha value is -1.13. The first-order valence-corrected chi connectivity index (χ1v) is 12.4. The van der Waals surface area contributed by atoms with Gasteiger partial charge in [-0.2, -0.15) is 0 Å². The number of carbonyl (C=O) groups excluding carboxylic acids is 1. The van der Waals surface area contributed by atoms with Crippen LogP contribution in [0.15, 0.2) is 34.9 Å². The minimum atomic E-state index is -1.81. The van der Waals surface area contributed by atoms with Crippen molar-refractivity contribution in [1.29, 1.82) is 0 Å². The SMILES string of the molecule is COC(=O)/C=C(\C)CC/C=C(\C)CC(C=C(C)C)O[Si](C)(C)C(C)(C)C. The number of esters is 1. The summed E-state index contributed by atoms with van der Waals surface area (Å²) >= 11 is 0. The van der Waals surface area contributed by atoms with E-state index >= 15 is 0 Å². The summed E-state index contributed by atoms with van der Waals surface area (Å²) in [5.74, 6) is -0.283. The highest BCUT2D eigenvalue weighted by Gasteiger charge is 2.38. The molecule has 0 saturated carbocycles. The van der Waals surface area contributed by atoms with E-state index in [1.807, 2.05) is 6.92 Å². The highest BCUT2D eigenvalue weighted by molar-refractivity contribution is 6.74. The third-order valence-electron chi connectivity index (χ3n) is 4.89. The lowest BCUT2D eigenvalue weighted by Gasteiger charge is -2.39. The Bertz CT molecular complexity index is 544.